The number of nitrogens with zero attached hydrogens (tertiary/aromatic N) is 4. The van der Waals surface area contributed by atoms with Crippen LogP contribution < -0.4 is 16.0 Å². The van der Waals surface area contributed by atoms with Gasteiger partial charge in [0.05, 0.1) is 18.1 Å². The highest BCUT2D eigenvalue weighted by Gasteiger charge is 2.19. The molecule has 3 aromatic rings. The first-order chi connectivity index (χ1) is 9.15. The Morgan fingerprint density at radius 2 is 2.21 bits per heavy atom. The number of fused-ring (bicyclic) bond motifs is 1. The molecule has 0 saturated carbocycles. The number of imidazole rings is 1. The third kappa shape index (κ3) is 1.84. The second-order valence-corrected chi connectivity index (χ2v) is 3.87. The molecular formula is C11H10N7O+. The van der Waals surface area contributed by atoms with Gasteiger partial charge in [0.15, 0.2) is 5.65 Å². The number of rotatable bonds is 2. The fourth-order valence-corrected chi connectivity index (χ4v) is 1.77. The van der Waals surface area contributed by atoms with Crippen molar-refractivity contribution in [2.24, 2.45) is 5.73 Å². The first kappa shape index (κ1) is 11.1. The smallest absolute Gasteiger partial charge is 0.361 e. The molecule has 0 radical (unpaired) electrons. The number of aromatic amines is 1. The van der Waals surface area contributed by atoms with Crippen LogP contribution in [0.25, 0.3) is 17.0 Å². The minimum atomic E-state index is -0.519. The lowest BCUT2D eigenvalue weighted by Gasteiger charge is -1.99. The Morgan fingerprint density at radius 3 is 3.00 bits per heavy atom. The maximum atomic E-state index is 11.2. The molecule has 0 saturated heterocycles. The van der Waals surface area contributed by atoms with E-state index in [9.17, 15) is 4.79 Å². The van der Waals surface area contributed by atoms with Crippen molar-refractivity contribution in [3.8, 4) is 5.82 Å². The SMILES string of the molecule is NC(=O)c1ccc[n+](-c2nc(N)nc3[nH]cnc23)c1. The zero-order chi connectivity index (χ0) is 13.4. The first-order valence-electron chi connectivity index (χ1n) is 5.43. The number of amides is 1. The summed E-state index contributed by atoms with van der Waals surface area (Å²) in [5, 5.41) is 0. The molecule has 0 aliphatic carbocycles. The molecule has 3 aromatic heterocycles. The molecule has 94 valence electrons. The number of nitrogens with two attached hydrogens (primary N) is 2. The maximum Gasteiger partial charge on any atom is 0.361 e. The normalized spacial score (nSPS) is 10.7. The molecule has 1 amide bonds. The van der Waals surface area contributed by atoms with Gasteiger partial charge in [-0.1, -0.05) is 0 Å². The van der Waals surface area contributed by atoms with Gasteiger partial charge in [-0.05, 0) is 12.1 Å². The summed E-state index contributed by atoms with van der Waals surface area (Å²) in [6.45, 7) is 0. The van der Waals surface area contributed by atoms with E-state index < -0.39 is 5.91 Å². The molecule has 3 rings (SSSR count). The van der Waals surface area contributed by atoms with E-state index in [1.807, 2.05) is 0 Å². The van der Waals surface area contributed by atoms with Crippen molar-refractivity contribution in [3.63, 3.8) is 0 Å². The van der Waals surface area contributed by atoms with E-state index in [0.717, 1.165) is 0 Å². The summed E-state index contributed by atoms with van der Waals surface area (Å²) in [7, 11) is 0. The molecule has 8 heteroatoms. The molecular weight excluding hydrogens is 246 g/mol. The van der Waals surface area contributed by atoms with Crippen LogP contribution in [-0.2, 0) is 0 Å². The van der Waals surface area contributed by atoms with Gasteiger partial charge in [0, 0.05) is 4.98 Å². The number of H-pyrrole nitrogens is 1. The number of primary amides is 1. The third-order valence-electron chi connectivity index (χ3n) is 2.61. The van der Waals surface area contributed by atoms with Crippen molar-refractivity contribution in [2.75, 3.05) is 5.73 Å². The van der Waals surface area contributed by atoms with Crippen molar-refractivity contribution >= 4 is 23.0 Å². The summed E-state index contributed by atoms with van der Waals surface area (Å²) in [6.07, 6.45) is 4.79. The van der Waals surface area contributed by atoms with Crippen molar-refractivity contribution in [3.05, 3.63) is 36.4 Å². The number of anilines is 1. The van der Waals surface area contributed by atoms with Crippen LogP contribution in [0.15, 0.2) is 30.9 Å². The zero-order valence-corrected chi connectivity index (χ0v) is 9.74. The highest BCUT2D eigenvalue weighted by Crippen LogP contribution is 2.12. The van der Waals surface area contributed by atoms with Gasteiger partial charge in [0.2, 0.25) is 5.52 Å². The average molecular weight is 256 g/mol. The molecule has 0 spiro atoms. The third-order valence-corrected chi connectivity index (χ3v) is 2.61. The van der Waals surface area contributed by atoms with Crippen LogP contribution in [0.4, 0.5) is 5.95 Å². The van der Waals surface area contributed by atoms with Crippen molar-refractivity contribution in [1.29, 1.82) is 0 Å². The number of nitrogens with one attached hydrogen (secondary N) is 1. The number of nitrogen functional groups attached to an aromatic ring is 1. The number of pyridine rings is 1. The van der Waals surface area contributed by atoms with Crippen LogP contribution in [0.3, 0.4) is 0 Å². The highest BCUT2D eigenvalue weighted by molar-refractivity contribution is 5.92. The molecule has 0 unspecified atom stereocenters. The molecule has 5 N–H and O–H groups in total. The van der Waals surface area contributed by atoms with Gasteiger partial charge >= 0.3 is 11.8 Å². The lowest BCUT2D eigenvalue weighted by Crippen LogP contribution is -2.33. The van der Waals surface area contributed by atoms with Crippen LogP contribution in [0.5, 0.6) is 0 Å². The van der Waals surface area contributed by atoms with Gasteiger partial charge in [-0.25, -0.2) is 9.55 Å². The van der Waals surface area contributed by atoms with Crippen LogP contribution in [-0.4, -0.2) is 25.8 Å². The number of carbonyl (C=O) groups excluding carboxylic acids is 1. The Balaban J connectivity index is 2.26. The summed E-state index contributed by atoms with van der Waals surface area (Å²) >= 11 is 0. The lowest BCUT2D eigenvalue weighted by atomic mass is 10.3. The minimum Gasteiger partial charge on any atom is -0.365 e. The quantitative estimate of drug-likeness (QED) is 0.523. The Labute approximate surface area is 107 Å². The molecule has 8 nitrogen and oxygen atoms in total. The largest absolute Gasteiger partial charge is 0.365 e. The van der Waals surface area contributed by atoms with Crippen LogP contribution in [0.2, 0.25) is 0 Å². The molecule has 19 heavy (non-hydrogen) atoms. The summed E-state index contributed by atoms with van der Waals surface area (Å²) < 4.78 is 1.63. The predicted octanol–water partition coefficient (Wildman–Crippen LogP) is -0.689. The number of aromatic nitrogens is 5. The molecule has 0 aromatic carbocycles. The number of carbonyl (C=O) groups is 1. The Bertz CT molecular complexity index is 780. The van der Waals surface area contributed by atoms with Gasteiger partial charge < -0.3 is 16.5 Å². The van der Waals surface area contributed by atoms with Crippen molar-refractivity contribution < 1.29 is 9.36 Å². The lowest BCUT2D eigenvalue weighted by molar-refractivity contribution is -0.598. The fraction of sp³-hybridized carbons (Fsp3) is 0. The second-order valence-electron chi connectivity index (χ2n) is 3.87. The zero-order valence-electron chi connectivity index (χ0n) is 9.74. The average Bonchev–Trinajstić information content (AvgIpc) is 2.85. The molecule has 0 atom stereocenters. The highest BCUT2D eigenvalue weighted by atomic mass is 16.1. The van der Waals surface area contributed by atoms with E-state index in [1.165, 1.54) is 6.33 Å². The van der Waals surface area contributed by atoms with Gasteiger partial charge in [0.1, 0.15) is 6.20 Å². The Hall–Kier alpha value is -3.03. The fourth-order valence-electron chi connectivity index (χ4n) is 1.77. The summed E-state index contributed by atoms with van der Waals surface area (Å²) in [6, 6.07) is 3.31. The van der Waals surface area contributed by atoms with Gasteiger partial charge in [-0.15, -0.1) is 0 Å². The maximum absolute atomic E-state index is 11.2. The molecule has 0 aliphatic rings. The predicted molar refractivity (Wildman–Crippen MR) is 66.1 cm³/mol. The van der Waals surface area contributed by atoms with Crippen molar-refractivity contribution in [2.45, 2.75) is 0 Å². The minimum absolute atomic E-state index is 0.115. The van der Waals surface area contributed by atoms with Gasteiger partial charge in [-0.2, -0.15) is 4.98 Å². The number of hydrogen-bond donors (Lipinski definition) is 3. The molecule has 3 heterocycles. The van der Waals surface area contributed by atoms with Gasteiger partial charge in [0.25, 0.3) is 5.91 Å². The van der Waals surface area contributed by atoms with Crippen molar-refractivity contribution in [1.82, 2.24) is 19.9 Å². The van der Waals surface area contributed by atoms with E-state index >= 15 is 0 Å². The Morgan fingerprint density at radius 1 is 1.37 bits per heavy atom. The molecule has 0 aliphatic heterocycles. The monoisotopic (exact) mass is 256 g/mol. The summed E-state index contributed by atoms with van der Waals surface area (Å²) in [4.78, 5) is 26.4. The summed E-state index contributed by atoms with van der Waals surface area (Å²) in [5.41, 5.74) is 12.3. The van der Waals surface area contributed by atoms with E-state index in [0.29, 0.717) is 22.5 Å². The van der Waals surface area contributed by atoms with E-state index in [1.54, 1.807) is 29.1 Å². The first-order valence-corrected chi connectivity index (χ1v) is 5.43. The molecule has 0 bridgehead atoms. The van der Waals surface area contributed by atoms with Gasteiger partial charge in [-0.3, -0.25) is 4.79 Å². The van der Waals surface area contributed by atoms with Crippen LogP contribution >= 0.6 is 0 Å². The van der Waals surface area contributed by atoms with Crippen LogP contribution in [0.1, 0.15) is 10.4 Å². The summed E-state index contributed by atoms with van der Waals surface area (Å²) in [5.74, 6) is 0.0743. The standard InChI is InChI=1S/C11H9N7O/c12-8(19)6-2-1-3-18(4-6)10-7-9(15-5-14-7)16-11(13)17-10/h1-5H,(H4-,12,13,14,15,16,17,19)/p+1. The Kier molecular flexibility index (Phi) is 2.34. The van der Waals surface area contributed by atoms with E-state index in [2.05, 4.69) is 19.9 Å². The van der Waals surface area contributed by atoms with E-state index in [-0.39, 0.29) is 5.95 Å². The number of hydrogen-bond acceptors (Lipinski definition) is 5. The van der Waals surface area contributed by atoms with E-state index in [4.69, 9.17) is 11.5 Å². The molecule has 0 fully saturated rings. The topological polar surface area (TPSA) is 127 Å². The second kappa shape index (κ2) is 4.02. The van der Waals surface area contributed by atoms with Crippen LogP contribution in [0, 0.1) is 0 Å².